The molecule has 1 saturated heterocycles. The lowest BCUT2D eigenvalue weighted by Gasteiger charge is -2.27. The summed E-state index contributed by atoms with van der Waals surface area (Å²) >= 11 is 0. The van der Waals surface area contributed by atoms with E-state index in [-0.39, 0.29) is 36.1 Å². The van der Waals surface area contributed by atoms with E-state index in [0.29, 0.717) is 24.3 Å². The zero-order chi connectivity index (χ0) is 28.3. The van der Waals surface area contributed by atoms with Crippen molar-refractivity contribution in [2.75, 3.05) is 29.9 Å². The Bertz CT molecular complexity index is 1340. The minimum atomic E-state index is -4.56. The largest absolute Gasteiger partial charge is 0.483 e. The molecule has 2 aliphatic rings. The van der Waals surface area contributed by atoms with Crippen LogP contribution in [0.25, 0.3) is 0 Å². The van der Waals surface area contributed by atoms with Crippen LogP contribution in [0.5, 0.6) is 0 Å². The Balaban J connectivity index is 0.00000112. The number of benzene rings is 2. The third-order valence-corrected chi connectivity index (χ3v) is 7.37. The monoisotopic (exact) mass is 544 g/mol. The van der Waals surface area contributed by atoms with Crippen LogP contribution in [-0.4, -0.2) is 58.4 Å². The molecule has 2 aromatic carbocycles. The van der Waals surface area contributed by atoms with Crippen LogP contribution in [0.4, 0.5) is 24.5 Å². The van der Waals surface area contributed by atoms with E-state index in [0.717, 1.165) is 24.4 Å². The van der Waals surface area contributed by atoms with Crippen molar-refractivity contribution in [2.45, 2.75) is 44.4 Å². The Morgan fingerprint density at radius 1 is 1.28 bits per heavy atom. The number of carbonyl (C=O) groups excluding carboxylic acids is 1. The topological polar surface area (TPSA) is 104 Å². The van der Waals surface area contributed by atoms with Crippen molar-refractivity contribution in [1.29, 1.82) is 0 Å². The summed E-state index contributed by atoms with van der Waals surface area (Å²) in [7, 11) is 3.67. The van der Waals surface area contributed by atoms with E-state index in [1.54, 1.807) is 25.5 Å². The summed E-state index contributed by atoms with van der Waals surface area (Å²) in [4.78, 5) is 25.1. The fraction of sp³-hybridized carbons (Fsp3) is 0.407. The number of rotatable bonds is 6. The van der Waals surface area contributed by atoms with Gasteiger partial charge in [-0.15, -0.1) is 10.2 Å². The quantitative estimate of drug-likeness (QED) is 0.455. The molecule has 1 aromatic heterocycles. The average molecular weight is 545 g/mol. The van der Waals surface area contributed by atoms with Gasteiger partial charge >= 0.3 is 6.18 Å². The zero-order valence-corrected chi connectivity index (χ0v) is 21.9. The summed E-state index contributed by atoms with van der Waals surface area (Å²) < 4.78 is 44.2. The Labute approximate surface area is 224 Å². The number of hydrogen-bond donors (Lipinski definition) is 2. The molecule has 2 atom stereocenters. The van der Waals surface area contributed by atoms with Crippen molar-refractivity contribution in [3.05, 3.63) is 70.8 Å². The van der Waals surface area contributed by atoms with Crippen LogP contribution in [0, 0.1) is 0 Å². The van der Waals surface area contributed by atoms with E-state index >= 15 is 0 Å². The maximum atomic E-state index is 14.1. The Morgan fingerprint density at radius 3 is 2.64 bits per heavy atom. The van der Waals surface area contributed by atoms with Crippen LogP contribution in [-0.2, 0) is 31.0 Å². The van der Waals surface area contributed by atoms with Crippen molar-refractivity contribution >= 4 is 23.8 Å². The Hall–Kier alpha value is -3.93. The van der Waals surface area contributed by atoms with E-state index in [1.165, 1.54) is 11.0 Å². The highest BCUT2D eigenvalue weighted by molar-refractivity contribution is 6.11. The molecule has 2 N–H and O–H groups in total. The van der Waals surface area contributed by atoms with Gasteiger partial charge in [0.15, 0.2) is 0 Å². The lowest BCUT2D eigenvalue weighted by Crippen LogP contribution is -2.33. The molecule has 9 nitrogen and oxygen atoms in total. The van der Waals surface area contributed by atoms with Gasteiger partial charge in [0.2, 0.25) is 0 Å². The highest BCUT2D eigenvalue weighted by Gasteiger charge is 2.41. The van der Waals surface area contributed by atoms with E-state index in [4.69, 9.17) is 9.90 Å². The van der Waals surface area contributed by atoms with Crippen LogP contribution in [0.2, 0.25) is 0 Å². The highest BCUT2D eigenvalue weighted by atomic mass is 19.4. The number of anilines is 2. The number of amides is 1. The molecule has 1 fully saturated rings. The normalized spacial score (nSPS) is 17.4. The third kappa shape index (κ3) is 5.90. The number of halogens is 3. The SMILES string of the molecule is C[C@H](Cc1nncn1C)c1cccc(N2Cc3c(cc(N(C)[C@H]4CCNC4)cc3C(F)(F)F)C2=O)c1.O=CO. The molecule has 208 valence electrons. The molecule has 39 heavy (non-hydrogen) atoms. The number of hydrogen-bond acceptors (Lipinski definition) is 6. The number of carbonyl (C=O) groups is 2. The predicted molar refractivity (Wildman–Crippen MR) is 140 cm³/mol. The molecule has 0 aliphatic carbocycles. The van der Waals surface area contributed by atoms with Gasteiger partial charge in [-0.3, -0.25) is 9.59 Å². The van der Waals surface area contributed by atoms with Crippen molar-refractivity contribution in [1.82, 2.24) is 20.1 Å². The molecule has 0 saturated carbocycles. The van der Waals surface area contributed by atoms with Crippen LogP contribution < -0.4 is 15.1 Å². The summed E-state index contributed by atoms with van der Waals surface area (Å²) in [6, 6.07) is 10.3. The van der Waals surface area contributed by atoms with Gasteiger partial charge in [-0.25, -0.2) is 0 Å². The molecular formula is C27H31F3N6O3. The number of alkyl halides is 3. The number of aromatic nitrogens is 3. The van der Waals surface area contributed by atoms with Crippen molar-refractivity contribution < 1.29 is 27.9 Å². The molecule has 2 aliphatic heterocycles. The molecule has 5 rings (SSSR count). The average Bonchev–Trinajstić information content (AvgIpc) is 3.65. The first kappa shape index (κ1) is 28.1. The molecule has 0 unspecified atom stereocenters. The Kier molecular flexibility index (Phi) is 8.24. The highest BCUT2D eigenvalue weighted by Crippen LogP contribution is 2.41. The van der Waals surface area contributed by atoms with Gasteiger partial charge in [0.1, 0.15) is 12.2 Å². The first-order valence-corrected chi connectivity index (χ1v) is 12.5. The molecule has 1 amide bonds. The van der Waals surface area contributed by atoms with Gasteiger partial charge in [0.05, 0.1) is 12.1 Å². The van der Waals surface area contributed by atoms with Crippen LogP contribution in [0.15, 0.2) is 42.7 Å². The zero-order valence-electron chi connectivity index (χ0n) is 21.9. The molecule has 0 radical (unpaired) electrons. The van der Waals surface area contributed by atoms with Gasteiger partial charge in [-0.05, 0) is 54.3 Å². The van der Waals surface area contributed by atoms with Gasteiger partial charge in [0.25, 0.3) is 12.4 Å². The van der Waals surface area contributed by atoms with E-state index in [1.807, 2.05) is 34.7 Å². The first-order chi connectivity index (χ1) is 18.5. The summed E-state index contributed by atoms with van der Waals surface area (Å²) in [5.41, 5.74) is 1.39. The lowest BCUT2D eigenvalue weighted by molar-refractivity contribution is -0.138. The minimum Gasteiger partial charge on any atom is -0.483 e. The fourth-order valence-corrected chi connectivity index (χ4v) is 5.12. The molecule has 0 bridgehead atoms. The molecule has 3 heterocycles. The van der Waals surface area contributed by atoms with Crippen molar-refractivity contribution in [3.63, 3.8) is 0 Å². The molecule has 12 heteroatoms. The summed E-state index contributed by atoms with van der Waals surface area (Å²) in [5, 5.41) is 18.2. The fourth-order valence-electron chi connectivity index (χ4n) is 5.12. The van der Waals surface area contributed by atoms with Gasteiger partial charge < -0.3 is 24.8 Å². The molecule has 3 aromatic rings. The third-order valence-electron chi connectivity index (χ3n) is 7.37. The minimum absolute atomic E-state index is 0.0340. The van der Waals surface area contributed by atoms with Crippen molar-refractivity contribution in [2.24, 2.45) is 7.05 Å². The van der Waals surface area contributed by atoms with Crippen LogP contribution in [0.1, 0.15) is 52.1 Å². The second kappa shape index (κ2) is 11.4. The second-order valence-electron chi connectivity index (χ2n) is 9.83. The second-order valence-corrected chi connectivity index (χ2v) is 9.83. The maximum Gasteiger partial charge on any atom is 0.416 e. The van der Waals surface area contributed by atoms with Crippen LogP contribution >= 0.6 is 0 Å². The van der Waals surface area contributed by atoms with E-state index in [2.05, 4.69) is 22.4 Å². The molecule has 0 spiro atoms. The maximum absolute atomic E-state index is 14.1. The van der Waals surface area contributed by atoms with Gasteiger partial charge in [-0.1, -0.05) is 19.1 Å². The number of nitrogens with one attached hydrogen (secondary N) is 1. The number of likely N-dealkylation sites (N-methyl/N-ethyl adjacent to an activating group) is 1. The van der Waals surface area contributed by atoms with E-state index in [9.17, 15) is 18.0 Å². The van der Waals surface area contributed by atoms with Gasteiger partial charge in [0, 0.05) is 50.0 Å². The summed E-state index contributed by atoms with van der Waals surface area (Å²) in [6.45, 7) is 3.22. The van der Waals surface area contributed by atoms with Crippen LogP contribution in [0.3, 0.4) is 0 Å². The molecular weight excluding hydrogens is 513 g/mol. The predicted octanol–water partition coefficient (Wildman–Crippen LogP) is 3.84. The van der Waals surface area contributed by atoms with Gasteiger partial charge in [-0.2, -0.15) is 13.2 Å². The lowest BCUT2D eigenvalue weighted by atomic mass is 9.97. The number of aryl methyl sites for hydroxylation is 1. The first-order valence-electron chi connectivity index (χ1n) is 12.5. The number of nitrogens with zero attached hydrogens (tertiary/aromatic N) is 5. The van der Waals surface area contributed by atoms with E-state index < -0.39 is 17.6 Å². The summed E-state index contributed by atoms with van der Waals surface area (Å²) in [5.74, 6) is 0.508. The number of carboxylic acid groups (broad SMARTS) is 1. The summed E-state index contributed by atoms with van der Waals surface area (Å²) in [6.07, 6.45) is -1.42. The standard InChI is InChI=1S/C26H29F3N6O.CH2O2/c1-16(9-24-32-31-15-33(24)2)17-5-4-6-18(10-17)35-14-22-21(25(35)36)11-20(12-23(22)26(27,28)29)34(3)19-7-8-30-13-19;2-1-3/h4-6,10-12,15-16,19,30H,7-9,13-14H2,1-3H3;1H,(H,2,3)/t16-,19+;/m1./s1. The number of fused-ring (bicyclic) bond motifs is 1. The smallest absolute Gasteiger partial charge is 0.416 e. The van der Waals surface area contributed by atoms with Crippen molar-refractivity contribution in [3.8, 4) is 0 Å². The Morgan fingerprint density at radius 2 is 2.03 bits per heavy atom.